The van der Waals surface area contributed by atoms with Gasteiger partial charge in [0.1, 0.15) is 0 Å². The molecule has 1 nitrogen and oxygen atoms in total. The van der Waals surface area contributed by atoms with Crippen molar-refractivity contribution in [1.29, 1.82) is 0 Å². The summed E-state index contributed by atoms with van der Waals surface area (Å²) < 4.78 is 1.51. The topological polar surface area (TPSA) is 12.4 Å². The Hall–Kier alpha value is -0.292. The first kappa shape index (κ1) is 12.8. The molecule has 1 atom stereocenters. The molecule has 0 heterocycles. The average Bonchev–Trinajstić information content (AvgIpc) is 2.41. The van der Waals surface area contributed by atoms with Crippen LogP contribution in [0.5, 0.6) is 0 Å². The zero-order valence-corrected chi connectivity index (χ0v) is 13.2. The number of allylic oxidation sites excluding steroid dienone is 3. The predicted molar refractivity (Wildman–Crippen MR) is 64.0 cm³/mol. The van der Waals surface area contributed by atoms with Crippen LogP contribution in [-0.4, -0.2) is 10.6 Å². The minimum absolute atomic E-state index is 0.450. The van der Waals surface area contributed by atoms with Crippen LogP contribution in [0.3, 0.4) is 0 Å². The fourth-order valence-electron chi connectivity index (χ4n) is 1.95. The molecule has 82 valence electrons. The molecular weight excluding hydrogens is 354 g/mol. The van der Waals surface area contributed by atoms with E-state index in [2.05, 4.69) is 46.3 Å². The molecular formula is C13H19NW. The summed E-state index contributed by atoms with van der Waals surface area (Å²) in [7, 11) is 0. The molecule has 0 radical (unpaired) electrons. The second-order valence-corrected chi connectivity index (χ2v) is 6.05. The summed E-state index contributed by atoms with van der Waals surface area (Å²) in [6, 6.07) is 0. The van der Waals surface area contributed by atoms with Crippen LogP contribution in [0.2, 0.25) is 0 Å². The summed E-state index contributed by atoms with van der Waals surface area (Å²) in [6.45, 7) is 14.9. The van der Waals surface area contributed by atoms with Crippen LogP contribution in [0.15, 0.2) is 27.4 Å². The molecule has 0 bridgehead atoms. The van der Waals surface area contributed by atoms with Crippen LogP contribution in [0, 0.1) is 11.8 Å². The monoisotopic (exact) mass is 373 g/mol. The van der Waals surface area contributed by atoms with Crippen LogP contribution >= 0.6 is 0 Å². The van der Waals surface area contributed by atoms with Gasteiger partial charge in [-0.2, -0.15) is 0 Å². The van der Waals surface area contributed by atoms with E-state index in [9.17, 15) is 0 Å². The van der Waals surface area contributed by atoms with Crippen molar-refractivity contribution in [3.63, 3.8) is 0 Å². The van der Waals surface area contributed by atoms with Gasteiger partial charge in [0.25, 0.3) is 0 Å². The quantitative estimate of drug-likeness (QED) is 0.674. The summed E-state index contributed by atoms with van der Waals surface area (Å²) in [5, 5.41) is 0. The molecule has 0 aromatic heterocycles. The maximum absolute atomic E-state index is 4.23. The zero-order valence-electron chi connectivity index (χ0n) is 10.2. The molecule has 0 aromatic carbocycles. The number of aliphatic imine (C=N–C) groups is 1. The zero-order chi connectivity index (χ0) is 11.7. The molecule has 1 aliphatic carbocycles. The van der Waals surface area contributed by atoms with Gasteiger partial charge in [0.05, 0.1) is 0 Å². The van der Waals surface area contributed by atoms with Crippen molar-refractivity contribution < 1.29 is 19.4 Å². The molecule has 0 amide bonds. The van der Waals surface area contributed by atoms with Gasteiger partial charge < -0.3 is 0 Å². The summed E-state index contributed by atoms with van der Waals surface area (Å²) in [5.74, 6) is 1.06. The van der Waals surface area contributed by atoms with Crippen LogP contribution in [0.4, 0.5) is 0 Å². The van der Waals surface area contributed by atoms with E-state index in [0.29, 0.717) is 11.8 Å². The van der Waals surface area contributed by atoms with E-state index in [-0.39, 0.29) is 0 Å². The van der Waals surface area contributed by atoms with Crippen molar-refractivity contribution in [3.05, 3.63) is 22.4 Å². The molecule has 0 N–H and O–H groups in total. The van der Waals surface area contributed by atoms with Crippen molar-refractivity contribution in [3.8, 4) is 0 Å². The van der Waals surface area contributed by atoms with Gasteiger partial charge in [0.2, 0.25) is 0 Å². The number of rotatable bonds is 3. The van der Waals surface area contributed by atoms with Crippen molar-refractivity contribution in [1.82, 2.24) is 0 Å². The number of hydrogen-bond donors (Lipinski definition) is 0. The predicted octanol–water partition coefficient (Wildman–Crippen LogP) is 3.30. The van der Waals surface area contributed by atoms with Gasteiger partial charge in [-0.25, -0.2) is 0 Å². The molecule has 0 spiro atoms. The van der Waals surface area contributed by atoms with E-state index in [1.165, 1.54) is 26.3 Å². The summed E-state index contributed by atoms with van der Waals surface area (Å²) in [4.78, 5) is 4.23. The van der Waals surface area contributed by atoms with Gasteiger partial charge in [0, 0.05) is 0 Å². The summed E-state index contributed by atoms with van der Waals surface area (Å²) in [5.41, 5.74) is 5.44. The van der Waals surface area contributed by atoms with Crippen molar-refractivity contribution in [2.24, 2.45) is 16.8 Å². The Balaban J connectivity index is 3.28. The summed E-state index contributed by atoms with van der Waals surface area (Å²) in [6.07, 6.45) is 0. The van der Waals surface area contributed by atoms with Gasteiger partial charge in [-0.3, -0.25) is 0 Å². The fourth-order valence-corrected chi connectivity index (χ4v) is 2.88. The first-order valence-corrected chi connectivity index (χ1v) is 6.81. The third kappa shape index (κ3) is 2.13. The van der Waals surface area contributed by atoms with E-state index >= 15 is 0 Å². The normalized spacial score (nSPS) is 21.6. The van der Waals surface area contributed by atoms with Crippen LogP contribution in [0.25, 0.3) is 0 Å². The average molecular weight is 373 g/mol. The first-order chi connectivity index (χ1) is 6.91. The Kier molecular flexibility index (Phi) is 4.00. The fraction of sp³-hybridized carbons (Fsp3) is 0.538. The second kappa shape index (κ2) is 4.70. The molecule has 1 unspecified atom stereocenters. The summed E-state index contributed by atoms with van der Waals surface area (Å²) >= 11 is 1.55. The van der Waals surface area contributed by atoms with E-state index in [1.807, 2.05) is 0 Å². The molecule has 0 saturated heterocycles. The van der Waals surface area contributed by atoms with Crippen molar-refractivity contribution in [2.75, 3.05) is 0 Å². The first-order valence-electron chi connectivity index (χ1n) is 5.34. The van der Waals surface area contributed by atoms with E-state index < -0.39 is 0 Å². The van der Waals surface area contributed by atoms with Crippen LogP contribution < -0.4 is 0 Å². The molecule has 1 aliphatic rings. The molecule has 2 heteroatoms. The van der Waals surface area contributed by atoms with Crippen molar-refractivity contribution >= 4 is 10.6 Å². The number of hydrogen-bond acceptors (Lipinski definition) is 1. The van der Waals surface area contributed by atoms with Crippen LogP contribution in [-0.2, 0) is 19.4 Å². The number of nitrogens with zero attached hydrogens (tertiary/aromatic N) is 1. The Morgan fingerprint density at radius 3 is 2.33 bits per heavy atom. The second-order valence-electron chi connectivity index (χ2n) is 4.47. The molecule has 0 aromatic rings. The Morgan fingerprint density at radius 1 is 1.40 bits per heavy atom. The minimum atomic E-state index is 0.450. The van der Waals surface area contributed by atoms with Gasteiger partial charge in [-0.1, -0.05) is 0 Å². The Labute approximate surface area is 104 Å². The molecule has 0 saturated carbocycles. The van der Waals surface area contributed by atoms with Gasteiger partial charge >= 0.3 is 104 Å². The Bertz CT molecular complexity index is 372. The molecule has 0 aliphatic heterocycles. The van der Waals surface area contributed by atoms with E-state index in [4.69, 9.17) is 0 Å². The third-order valence-corrected chi connectivity index (χ3v) is 5.65. The molecule has 1 rings (SSSR count). The van der Waals surface area contributed by atoms with Gasteiger partial charge in [-0.15, -0.1) is 0 Å². The van der Waals surface area contributed by atoms with Gasteiger partial charge in [-0.05, 0) is 0 Å². The SMILES string of the molecule is C=NC1=C([C](=[W])C(C)C)C(C)=C(C)C1C. The van der Waals surface area contributed by atoms with Crippen molar-refractivity contribution in [2.45, 2.75) is 34.6 Å². The molecule has 0 fully saturated rings. The molecule has 15 heavy (non-hydrogen) atoms. The Morgan fingerprint density at radius 2 is 1.93 bits per heavy atom. The van der Waals surface area contributed by atoms with Gasteiger partial charge in [0.15, 0.2) is 0 Å². The van der Waals surface area contributed by atoms with Crippen LogP contribution in [0.1, 0.15) is 34.6 Å². The standard InChI is InChI=1S/C13H19N.W/c1-8(2)7-12-10(4)9(3)11(5)13(12)14-6;/h8,11H,6H2,1-5H3;. The van der Waals surface area contributed by atoms with E-state index in [0.717, 1.165) is 0 Å². The maximum atomic E-state index is 4.23. The van der Waals surface area contributed by atoms with E-state index in [1.54, 1.807) is 19.4 Å². The third-order valence-electron chi connectivity index (χ3n) is 3.22.